The van der Waals surface area contributed by atoms with Crippen molar-refractivity contribution in [3.63, 3.8) is 0 Å². The second kappa shape index (κ2) is 4.94. The predicted octanol–water partition coefficient (Wildman–Crippen LogP) is 1.76. The van der Waals surface area contributed by atoms with Crippen molar-refractivity contribution < 1.29 is 26.0 Å². The zero-order valence-electron chi connectivity index (χ0n) is 11.0. The third-order valence-electron chi connectivity index (χ3n) is 3.79. The molecule has 1 aromatic heterocycles. The number of hydrogen-bond acceptors (Lipinski definition) is 5. The zero-order chi connectivity index (χ0) is 15.3. The van der Waals surface area contributed by atoms with Crippen molar-refractivity contribution in [2.45, 2.75) is 43.0 Å². The highest BCUT2D eigenvalue weighted by Crippen LogP contribution is 2.36. The van der Waals surface area contributed by atoms with Crippen LogP contribution in [0.3, 0.4) is 0 Å². The lowest BCUT2D eigenvalue weighted by atomic mass is 9.98. The lowest BCUT2D eigenvalue weighted by molar-refractivity contribution is -0.157. The van der Waals surface area contributed by atoms with E-state index < -0.39 is 22.1 Å². The van der Waals surface area contributed by atoms with Crippen LogP contribution in [0.4, 0.5) is 13.2 Å². The monoisotopic (exact) mass is 325 g/mol. The Hall–Kier alpha value is -1.16. The molecule has 6 nitrogen and oxygen atoms in total. The van der Waals surface area contributed by atoms with Crippen molar-refractivity contribution in [1.82, 2.24) is 14.5 Å². The van der Waals surface area contributed by atoms with Gasteiger partial charge in [-0.15, -0.1) is 10.2 Å². The van der Waals surface area contributed by atoms with Gasteiger partial charge in [0.2, 0.25) is 15.9 Å². The number of rotatable bonds is 3. The largest absolute Gasteiger partial charge is 0.470 e. The molecule has 118 valence electrons. The molecule has 21 heavy (non-hydrogen) atoms. The van der Waals surface area contributed by atoms with E-state index in [2.05, 4.69) is 14.6 Å². The summed E-state index contributed by atoms with van der Waals surface area (Å²) in [4.78, 5) is 0. The number of nitrogens with zero attached hydrogens (tertiary/aromatic N) is 3. The smallest absolute Gasteiger partial charge is 0.417 e. The van der Waals surface area contributed by atoms with Crippen molar-refractivity contribution in [2.24, 2.45) is 0 Å². The summed E-state index contributed by atoms with van der Waals surface area (Å²) in [6, 6.07) is 0. The molecule has 0 bridgehead atoms. The van der Waals surface area contributed by atoms with E-state index in [4.69, 9.17) is 0 Å². The predicted molar refractivity (Wildman–Crippen MR) is 64.8 cm³/mol. The highest BCUT2D eigenvalue weighted by Gasteiger charge is 2.42. The maximum absolute atomic E-state index is 12.4. The number of sulfonamides is 1. The van der Waals surface area contributed by atoms with E-state index in [1.807, 2.05) is 0 Å². The minimum Gasteiger partial charge on any atom is -0.417 e. The van der Waals surface area contributed by atoms with Gasteiger partial charge in [0, 0.05) is 19.0 Å². The summed E-state index contributed by atoms with van der Waals surface area (Å²) in [5.41, 5.74) is 0. The number of aromatic nitrogens is 2. The number of alkyl halides is 3. The van der Waals surface area contributed by atoms with E-state index >= 15 is 0 Å². The van der Waals surface area contributed by atoms with E-state index in [1.165, 1.54) is 4.31 Å². The molecule has 3 rings (SSSR count). The molecule has 0 aromatic carbocycles. The second-order valence-electron chi connectivity index (χ2n) is 5.36. The van der Waals surface area contributed by atoms with Crippen LogP contribution in [-0.2, 0) is 16.2 Å². The van der Waals surface area contributed by atoms with E-state index in [0.717, 1.165) is 0 Å². The van der Waals surface area contributed by atoms with Gasteiger partial charge < -0.3 is 4.42 Å². The third-order valence-corrected chi connectivity index (χ3v) is 6.19. The zero-order valence-corrected chi connectivity index (χ0v) is 11.8. The van der Waals surface area contributed by atoms with E-state index in [9.17, 15) is 21.6 Å². The first-order valence-corrected chi connectivity index (χ1v) is 8.18. The standard InChI is InChI=1S/C11H14F3N3O3S/c12-11(13,14)10-16-15-9(20-10)7-3-5-17(6-4-7)21(18,19)8-1-2-8/h7-8H,1-6H2. The fraction of sp³-hybridized carbons (Fsp3) is 0.818. The molecule has 0 spiro atoms. The van der Waals surface area contributed by atoms with Crippen LogP contribution in [0.1, 0.15) is 43.4 Å². The second-order valence-corrected chi connectivity index (χ2v) is 7.57. The lowest BCUT2D eigenvalue weighted by Gasteiger charge is -2.29. The Morgan fingerprint density at radius 2 is 1.71 bits per heavy atom. The molecule has 1 saturated carbocycles. The van der Waals surface area contributed by atoms with Crippen LogP contribution in [0, 0.1) is 0 Å². The maximum atomic E-state index is 12.4. The molecule has 2 aliphatic rings. The Morgan fingerprint density at radius 1 is 1.10 bits per heavy atom. The average Bonchev–Trinajstić information content (AvgIpc) is 3.16. The molecule has 0 radical (unpaired) electrons. The van der Waals surface area contributed by atoms with E-state index in [-0.39, 0.29) is 30.1 Å². The minimum absolute atomic E-state index is 0.0641. The average molecular weight is 325 g/mol. The molecule has 0 atom stereocenters. The molecule has 0 unspecified atom stereocenters. The summed E-state index contributed by atoms with van der Waals surface area (Å²) in [6.45, 7) is 0.570. The SMILES string of the molecule is O=S(=O)(C1CC1)N1CCC(c2nnc(C(F)(F)F)o2)CC1. The van der Waals surface area contributed by atoms with Crippen molar-refractivity contribution in [1.29, 1.82) is 0 Å². The van der Waals surface area contributed by atoms with Gasteiger partial charge in [0.05, 0.1) is 5.25 Å². The van der Waals surface area contributed by atoms with Gasteiger partial charge in [-0.1, -0.05) is 0 Å². The molecule has 1 aromatic rings. The highest BCUT2D eigenvalue weighted by molar-refractivity contribution is 7.90. The topological polar surface area (TPSA) is 76.3 Å². The Labute approximate surface area is 119 Å². The third kappa shape index (κ3) is 2.91. The molecule has 0 N–H and O–H groups in total. The summed E-state index contributed by atoms with van der Waals surface area (Å²) in [5, 5.41) is 6.16. The number of piperidine rings is 1. The van der Waals surface area contributed by atoms with Crippen LogP contribution in [0.2, 0.25) is 0 Å². The van der Waals surface area contributed by atoms with Crippen molar-refractivity contribution >= 4 is 10.0 Å². The molecule has 1 saturated heterocycles. The van der Waals surface area contributed by atoms with Crippen LogP contribution < -0.4 is 0 Å². The van der Waals surface area contributed by atoms with Crippen molar-refractivity contribution in [3.05, 3.63) is 11.8 Å². The van der Waals surface area contributed by atoms with Gasteiger partial charge in [-0.25, -0.2) is 12.7 Å². The summed E-state index contributed by atoms with van der Waals surface area (Å²) in [5.74, 6) is -1.74. The molecule has 1 aliphatic carbocycles. The Morgan fingerprint density at radius 3 is 2.19 bits per heavy atom. The van der Waals surface area contributed by atoms with E-state index in [1.54, 1.807) is 0 Å². The lowest BCUT2D eigenvalue weighted by Crippen LogP contribution is -2.39. The number of halogens is 3. The fourth-order valence-electron chi connectivity index (χ4n) is 2.45. The van der Waals surface area contributed by atoms with Gasteiger partial charge >= 0.3 is 12.1 Å². The van der Waals surface area contributed by atoms with Gasteiger partial charge in [0.1, 0.15) is 0 Å². The molecule has 0 amide bonds. The van der Waals surface area contributed by atoms with Gasteiger partial charge in [0.25, 0.3) is 0 Å². The van der Waals surface area contributed by atoms with E-state index in [0.29, 0.717) is 25.7 Å². The first-order valence-electron chi connectivity index (χ1n) is 6.68. The molecule has 2 heterocycles. The van der Waals surface area contributed by atoms with Crippen molar-refractivity contribution in [2.75, 3.05) is 13.1 Å². The molecule has 10 heteroatoms. The van der Waals surface area contributed by atoms with Gasteiger partial charge in [-0.2, -0.15) is 13.2 Å². The first-order chi connectivity index (χ1) is 9.78. The summed E-state index contributed by atoms with van der Waals surface area (Å²) < 4.78 is 67.4. The highest BCUT2D eigenvalue weighted by atomic mass is 32.2. The van der Waals surface area contributed by atoms with Crippen LogP contribution in [0.5, 0.6) is 0 Å². The Bertz CT molecular complexity index is 616. The summed E-state index contributed by atoms with van der Waals surface area (Å²) in [6.07, 6.45) is -2.47. The van der Waals surface area contributed by atoms with Crippen molar-refractivity contribution in [3.8, 4) is 0 Å². The fourth-order valence-corrected chi connectivity index (χ4v) is 4.32. The van der Waals surface area contributed by atoms with Gasteiger partial charge in [-0.3, -0.25) is 0 Å². The maximum Gasteiger partial charge on any atom is 0.470 e. The van der Waals surface area contributed by atoms with Crippen LogP contribution >= 0.6 is 0 Å². The summed E-state index contributed by atoms with van der Waals surface area (Å²) in [7, 11) is -3.23. The number of hydrogen-bond donors (Lipinski definition) is 0. The molecular weight excluding hydrogens is 311 g/mol. The van der Waals surface area contributed by atoms with Crippen LogP contribution in [-0.4, -0.2) is 41.3 Å². The van der Waals surface area contributed by atoms with Gasteiger partial charge in [0.15, 0.2) is 0 Å². The Kier molecular flexibility index (Phi) is 3.47. The molecular formula is C11H14F3N3O3S. The minimum atomic E-state index is -4.65. The molecule has 1 aliphatic heterocycles. The van der Waals surface area contributed by atoms with Crippen LogP contribution in [0.15, 0.2) is 4.42 Å². The summed E-state index contributed by atoms with van der Waals surface area (Å²) >= 11 is 0. The van der Waals surface area contributed by atoms with Crippen LogP contribution in [0.25, 0.3) is 0 Å². The quantitative estimate of drug-likeness (QED) is 0.846. The first kappa shape index (κ1) is 14.8. The Balaban J connectivity index is 1.64. The normalized spacial score (nSPS) is 22.6. The van der Waals surface area contributed by atoms with Gasteiger partial charge in [-0.05, 0) is 25.7 Å². The molecule has 2 fully saturated rings.